The second kappa shape index (κ2) is 7.64. The van der Waals surface area contributed by atoms with Gasteiger partial charge in [-0.1, -0.05) is 30.3 Å². The molecular weight excluding hydrogens is 358 g/mol. The number of amides is 1. The van der Waals surface area contributed by atoms with Crippen molar-refractivity contribution in [2.75, 3.05) is 13.1 Å². The molecule has 0 saturated carbocycles. The molecule has 1 aliphatic heterocycles. The highest BCUT2D eigenvalue weighted by atomic mass is 16.6. The van der Waals surface area contributed by atoms with Crippen molar-refractivity contribution in [2.45, 2.75) is 18.9 Å². The molecule has 0 radical (unpaired) electrons. The number of carbonyl (C=O) groups is 1. The van der Waals surface area contributed by atoms with E-state index < -0.39 is 4.92 Å². The molecule has 1 aromatic heterocycles. The van der Waals surface area contributed by atoms with E-state index in [-0.39, 0.29) is 24.1 Å². The third kappa shape index (κ3) is 3.93. The van der Waals surface area contributed by atoms with Gasteiger partial charge in [0.05, 0.1) is 23.4 Å². The van der Waals surface area contributed by atoms with Gasteiger partial charge in [-0.25, -0.2) is 4.98 Å². The van der Waals surface area contributed by atoms with Crippen LogP contribution in [0.4, 0.5) is 5.69 Å². The number of non-ortho nitro benzene ring substituents is 1. The van der Waals surface area contributed by atoms with E-state index in [1.807, 2.05) is 36.4 Å². The summed E-state index contributed by atoms with van der Waals surface area (Å²) in [6.07, 6.45) is 0.883. The number of likely N-dealkylation sites (tertiary alicyclic amines) is 1. The fourth-order valence-corrected chi connectivity index (χ4v) is 3.36. The lowest BCUT2D eigenvalue weighted by Gasteiger charge is -2.17. The monoisotopic (exact) mass is 377 g/mol. The molecule has 7 nitrogen and oxygen atoms in total. The molecule has 2 aromatic carbocycles. The molecule has 2 heterocycles. The molecule has 1 saturated heterocycles. The van der Waals surface area contributed by atoms with Gasteiger partial charge in [0.2, 0.25) is 11.8 Å². The molecule has 1 aliphatic rings. The van der Waals surface area contributed by atoms with Gasteiger partial charge in [0, 0.05) is 36.6 Å². The third-order valence-corrected chi connectivity index (χ3v) is 4.86. The van der Waals surface area contributed by atoms with Crippen molar-refractivity contribution in [3.05, 3.63) is 76.3 Å². The van der Waals surface area contributed by atoms with Gasteiger partial charge in [-0.05, 0) is 17.7 Å². The molecular formula is C21H19N3O4. The van der Waals surface area contributed by atoms with E-state index in [1.165, 1.54) is 12.1 Å². The summed E-state index contributed by atoms with van der Waals surface area (Å²) >= 11 is 0. The van der Waals surface area contributed by atoms with Crippen LogP contribution in [0.15, 0.2) is 60.7 Å². The first kappa shape index (κ1) is 17.9. The largest absolute Gasteiger partial charge is 0.472 e. The van der Waals surface area contributed by atoms with Crippen molar-refractivity contribution >= 4 is 22.5 Å². The third-order valence-electron chi connectivity index (χ3n) is 4.86. The number of carbonyl (C=O) groups excluding carboxylic acids is 1. The highest BCUT2D eigenvalue weighted by molar-refractivity contribution is 5.79. The highest BCUT2D eigenvalue weighted by Gasteiger charge is 2.28. The average Bonchev–Trinajstić information content (AvgIpc) is 3.17. The molecule has 1 fully saturated rings. The van der Waals surface area contributed by atoms with E-state index in [1.54, 1.807) is 17.0 Å². The Balaban J connectivity index is 1.35. The van der Waals surface area contributed by atoms with Crippen molar-refractivity contribution in [3.8, 4) is 5.88 Å². The summed E-state index contributed by atoms with van der Waals surface area (Å²) in [4.78, 5) is 29.1. The van der Waals surface area contributed by atoms with E-state index >= 15 is 0 Å². The minimum atomic E-state index is -0.450. The number of nitrogens with zero attached hydrogens (tertiary/aromatic N) is 3. The molecule has 7 heteroatoms. The minimum Gasteiger partial charge on any atom is -0.472 e. The number of hydrogen-bond acceptors (Lipinski definition) is 5. The van der Waals surface area contributed by atoms with Crippen molar-refractivity contribution < 1.29 is 14.5 Å². The first-order chi connectivity index (χ1) is 13.6. The van der Waals surface area contributed by atoms with Crippen LogP contribution in [0.2, 0.25) is 0 Å². The Kier molecular flexibility index (Phi) is 4.89. The Morgan fingerprint density at radius 3 is 2.71 bits per heavy atom. The standard InChI is InChI=1S/C21H19N3O4/c25-21(13-15-5-8-17(9-6-15)24(26)27)23-12-11-18(14-23)28-20-10-7-16-3-1-2-4-19(16)22-20/h1-10,18H,11-14H2. The van der Waals surface area contributed by atoms with Crippen molar-refractivity contribution in [3.63, 3.8) is 0 Å². The number of hydrogen-bond donors (Lipinski definition) is 0. The van der Waals surface area contributed by atoms with Gasteiger partial charge in [-0.15, -0.1) is 0 Å². The van der Waals surface area contributed by atoms with Crippen LogP contribution in [-0.2, 0) is 11.2 Å². The van der Waals surface area contributed by atoms with Gasteiger partial charge >= 0.3 is 0 Å². The van der Waals surface area contributed by atoms with E-state index in [4.69, 9.17) is 4.74 Å². The molecule has 0 bridgehead atoms. The summed E-state index contributed by atoms with van der Waals surface area (Å²) in [5.74, 6) is 0.555. The van der Waals surface area contributed by atoms with Gasteiger partial charge in [0.1, 0.15) is 6.10 Å². The summed E-state index contributed by atoms with van der Waals surface area (Å²) in [5.41, 5.74) is 1.66. The van der Waals surface area contributed by atoms with Crippen molar-refractivity contribution in [1.82, 2.24) is 9.88 Å². The molecule has 28 heavy (non-hydrogen) atoms. The number of rotatable bonds is 5. The van der Waals surface area contributed by atoms with Crippen LogP contribution in [0.5, 0.6) is 5.88 Å². The molecule has 1 amide bonds. The lowest BCUT2D eigenvalue weighted by atomic mass is 10.1. The van der Waals surface area contributed by atoms with Crippen LogP contribution in [0.3, 0.4) is 0 Å². The Labute approximate surface area is 161 Å². The Bertz CT molecular complexity index is 1020. The Hall–Kier alpha value is -3.48. The van der Waals surface area contributed by atoms with E-state index in [0.717, 1.165) is 22.9 Å². The van der Waals surface area contributed by atoms with Gasteiger partial charge in [-0.3, -0.25) is 14.9 Å². The van der Waals surface area contributed by atoms with Crippen LogP contribution in [0.25, 0.3) is 10.9 Å². The molecule has 1 unspecified atom stereocenters. The quantitative estimate of drug-likeness (QED) is 0.503. The number of pyridine rings is 1. The molecule has 1 atom stereocenters. The topological polar surface area (TPSA) is 85.6 Å². The summed E-state index contributed by atoms with van der Waals surface area (Å²) in [6, 6.07) is 17.8. The number of nitro benzene ring substituents is 1. The first-order valence-electron chi connectivity index (χ1n) is 9.12. The minimum absolute atomic E-state index is 0.00794. The first-order valence-corrected chi connectivity index (χ1v) is 9.12. The normalized spacial score (nSPS) is 16.3. The second-order valence-electron chi connectivity index (χ2n) is 6.81. The summed E-state index contributed by atoms with van der Waals surface area (Å²) in [6.45, 7) is 1.14. The number of ether oxygens (including phenoxy) is 1. The molecule has 0 N–H and O–H groups in total. The van der Waals surface area contributed by atoms with Crippen LogP contribution in [0.1, 0.15) is 12.0 Å². The number of aromatic nitrogens is 1. The van der Waals surface area contributed by atoms with Gasteiger partial charge in [0.25, 0.3) is 5.69 Å². The molecule has 0 aliphatic carbocycles. The SMILES string of the molecule is O=C(Cc1ccc([N+](=O)[O-])cc1)N1CCC(Oc2ccc3ccccc3n2)C1. The summed E-state index contributed by atoms with van der Waals surface area (Å²) in [7, 11) is 0. The fraction of sp³-hybridized carbons (Fsp3) is 0.238. The lowest BCUT2D eigenvalue weighted by molar-refractivity contribution is -0.384. The van der Waals surface area contributed by atoms with E-state index in [2.05, 4.69) is 4.98 Å². The van der Waals surface area contributed by atoms with Crippen LogP contribution >= 0.6 is 0 Å². The highest BCUT2D eigenvalue weighted by Crippen LogP contribution is 2.21. The molecule has 0 spiro atoms. The molecule has 142 valence electrons. The zero-order chi connectivity index (χ0) is 19.5. The Morgan fingerprint density at radius 1 is 1.14 bits per heavy atom. The average molecular weight is 377 g/mol. The maximum Gasteiger partial charge on any atom is 0.269 e. The zero-order valence-electron chi connectivity index (χ0n) is 15.2. The maximum absolute atomic E-state index is 12.5. The zero-order valence-corrected chi connectivity index (χ0v) is 15.2. The summed E-state index contributed by atoms with van der Waals surface area (Å²) in [5, 5.41) is 11.8. The number of fused-ring (bicyclic) bond motifs is 1. The lowest BCUT2D eigenvalue weighted by Crippen LogP contribution is -2.32. The predicted octanol–water partition coefficient (Wildman–Crippen LogP) is 3.37. The van der Waals surface area contributed by atoms with E-state index in [9.17, 15) is 14.9 Å². The predicted molar refractivity (Wildman–Crippen MR) is 104 cm³/mol. The van der Waals surface area contributed by atoms with Gasteiger partial charge in [0.15, 0.2) is 0 Å². The smallest absolute Gasteiger partial charge is 0.269 e. The number of benzene rings is 2. The molecule has 3 aromatic rings. The van der Waals surface area contributed by atoms with Gasteiger partial charge < -0.3 is 9.64 Å². The van der Waals surface area contributed by atoms with E-state index in [0.29, 0.717) is 19.0 Å². The van der Waals surface area contributed by atoms with Crippen LogP contribution in [-0.4, -0.2) is 39.9 Å². The van der Waals surface area contributed by atoms with Crippen LogP contribution in [0, 0.1) is 10.1 Å². The molecule has 4 rings (SSSR count). The van der Waals surface area contributed by atoms with Crippen molar-refractivity contribution in [1.29, 1.82) is 0 Å². The summed E-state index contributed by atoms with van der Waals surface area (Å²) < 4.78 is 5.98. The number of nitro groups is 1. The second-order valence-corrected chi connectivity index (χ2v) is 6.81. The number of para-hydroxylation sites is 1. The van der Waals surface area contributed by atoms with Crippen LogP contribution < -0.4 is 4.74 Å². The fourth-order valence-electron chi connectivity index (χ4n) is 3.36. The Morgan fingerprint density at radius 2 is 1.93 bits per heavy atom. The van der Waals surface area contributed by atoms with Gasteiger partial charge in [-0.2, -0.15) is 0 Å². The van der Waals surface area contributed by atoms with Crippen molar-refractivity contribution in [2.24, 2.45) is 0 Å². The maximum atomic E-state index is 12.5.